The highest BCUT2D eigenvalue weighted by Crippen LogP contribution is 2.38. The number of carbonyl (C=O) groups excluding carboxylic acids is 1. The number of hydrogen-bond donors (Lipinski definition) is 0. The molecule has 1 amide bonds. The highest BCUT2D eigenvalue weighted by Gasteiger charge is 2.45. The van der Waals surface area contributed by atoms with Gasteiger partial charge in [0, 0.05) is 39.3 Å². The summed E-state index contributed by atoms with van der Waals surface area (Å²) in [6, 6.07) is 19.7. The molecular formula is C26H30N4O3. The quantitative estimate of drug-likeness (QED) is 0.618. The van der Waals surface area contributed by atoms with Gasteiger partial charge in [0.25, 0.3) is 0 Å². The van der Waals surface area contributed by atoms with E-state index in [9.17, 15) is 9.59 Å². The van der Waals surface area contributed by atoms with Gasteiger partial charge in [-0.05, 0) is 43.4 Å². The largest absolute Gasteiger partial charge is 0.381 e. The molecule has 7 heteroatoms. The van der Waals surface area contributed by atoms with E-state index in [2.05, 4.69) is 17.2 Å². The average molecular weight is 447 g/mol. The van der Waals surface area contributed by atoms with E-state index in [-0.39, 0.29) is 17.5 Å². The van der Waals surface area contributed by atoms with E-state index in [0.29, 0.717) is 32.6 Å². The van der Waals surface area contributed by atoms with E-state index >= 15 is 0 Å². The van der Waals surface area contributed by atoms with Crippen LogP contribution in [0.3, 0.4) is 0 Å². The highest BCUT2D eigenvalue weighted by molar-refractivity contribution is 5.88. The maximum Gasteiger partial charge on any atom is 0.350 e. The zero-order valence-corrected chi connectivity index (χ0v) is 19.0. The fourth-order valence-electron chi connectivity index (χ4n) is 5.35. The molecule has 0 N–H and O–H groups in total. The molecule has 2 saturated heterocycles. The topological polar surface area (TPSA) is 69.4 Å². The molecule has 0 bridgehead atoms. The minimum atomic E-state index is -0.551. The minimum Gasteiger partial charge on any atom is -0.381 e. The molecule has 0 radical (unpaired) electrons. The maximum absolute atomic E-state index is 14.1. The fraction of sp³-hybridized carbons (Fsp3) is 0.423. The Balaban J connectivity index is 1.47. The summed E-state index contributed by atoms with van der Waals surface area (Å²) in [5, 5.41) is 4.60. The molecule has 1 aromatic heterocycles. The van der Waals surface area contributed by atoms with Gasteiger partial charge in [-0.2, -0.15) is 5.10 Å². The summed E-state index contributed by atoms with van der Waals surface area (Å²) in [4.78, 5) is 29.0. The zero-order chi connectivity index (χ0) is 22.8. The molecule has 7 nitrogen and oxygen atoms in total. The molecule has 2 aliphatic heterocycles. The Kier molecular flexibility index (Phi) is 5.89. The van der Waals surface area contributed by atoms with Crippen LogP contribution in [0.5, 0.6) is 0 Å². The smallest absolute Gasteiger partial charge is 0.350 e. The van der Waals surface area contributed by atoms with Crippen LogP contribution in [0.25, 0.3) is 5.69 Å². The number of para-hydroxylation sites is 1. The molecule has 0 saturated carbocycles. The van der Waals surface area contributed by atoms with Gasteiger partial charge in [0.2, 0.25) is 5.91 Å². The van der Waals surface area contributed by atoms with E-state index in [0.717, 1.165) is 36.5 Å². The third-order valence-electron chi connectivity index (χ3n) is 7.12. The summed E-state index contributed by atoms with van der Waals surface area (Å²) in [5.41, 5.74) is 1.16. The molecule has 33 heavy (non-hydrogen) atoms. The predicted molar refractivity (Wildman–Crippen MR) is 126 cm³/mol. The van der Waals surface area contributed by atoms with Crippen molar-refractivity contribution < 1.29 is 9.53 Å². The van der Waals surface area contributed by atoms with Crippen LogP contribution in [0.4, 0.5) is 0 Å². The lowest BCUT2D eigenvalue weighted by molar-refractivity contribution is -0.142. The van der Waals surface area contributed by atoms with E-state index in [4.69, 9.17) is 4.74 Å². The minimum absolute atomic E-state index is 0.00414. The van der Waals surface area contributed by atoms with Gasteiger partial charge in [0.15, 0.2) is 0 Å². The number of aromatic nitrogens is 3. The Labute approximate surface area is 193 Å². The number of rotatable bonds is 4. The second-order valence-corrected chi connectivity index (χ2v) is 9.09. The molecule has 0 aliphatic carbocycles. The second-order valence-electron chi connectivity index (χ2n) is 9.09. The number of amides is 1. The number of ether oxygens (including phenoxy) is 1. The molecule has 2 aliphatic rings. The molecular weight excluding hydrogens is 416 g/mol. The number of benzene rings is 2. The van der Waals surface area contributed by atoms with Crippen LogP contribution in [-0.4, -0.2) is 51.5 Å². The summed E-state index contributed by atoms with van der Waals surface area (Å²) in [6.45, 7) is 2.47. The van der Waals surface area contributed by atoms with Crippen molar-refractivity contribution in [3.05, 3.63) is 82.5 Å². The Morgan fingerprint density at radius 1 is 1.03 bits per heavy atom. The van der Waals surface area contributed by atoms with Gasteiger partial charge in [-0.3, -0.25) is 4.79 Å². The van der Waals surface area contributed by atoms with Crippen LogP contribution in [0.2, 0.25) is 0 Å². The Morgan fingerprint density at radius 3 is 2.39 bits per heavy atom. The summed E-state index contributed by atoms with van der Waals surface area (Å²) in [5.74, 6) is 0.905. The van der Waals surface area contributed by atoms with Crippen LogP contribution in [0.15, 0.2) is 65.5 Å². The number of likely N-dealkylation sites (tertiary alicyclic amines) is 1. The molecule has 3 heterocycles. The monoisotopic (exact) mass is 446 g/mol. The molecule has 5 rings (SSSR count). The molecule has 3 aromatic rings. The first-order valence-corrected chi connectivity index (χ1v) is 11.7. The summed E-state index contributed by atoms with van der Waals surface area (Å²) >= 11 is 0. The maximum atomic E-state index is 14.1. The fourth-order valence-corrected chi connectivity index (χ4v) is 5.35. The molecule has 2 fully saturated rings. The van der Waals surface area contributed by atoms with Gasteiger partial charge in [-0.1, -0.05) is 48.5 Å². The molecule has 0 spiro atoms. The lowest BCUT2D eigenvalue weighted by Crippen LogP contribution is -2.52. The number of piperidine rings is 1. The first kappa shape index (κ1) is 21.6. The molecule has 2 aromatic carbocycles. The van der Waals surface area contributed by atoms with Gasteiger partial charge < -0.3 is 9.64 Å². The average Bonchev–Trinajstić information content (AvgIpc) is 3.19. The Bertz CT molecular complexity index is 1160. The first-order valence-electron chi connectivity index (χ1n) is 11.7. The van der Waals surface area contributed by atoms with Crippen molar-refractivity contribution in [3.8, 4) is 5.69 Å². The van der Waals surface area contributed by atoms with Gasteiger partial charge in [0.1, 0.15) is 5.82 Å². The Hall–Kier alpha value is -3.19. The van der Waals surface area contributed by atoms with E-state index < -0.39 is 5.41 Å². The third kappa shape index (κ3) is 3.91. The highest BCUT2D eigenvalue weighted by atomic mass is 16.5. The first-order chi connectivity index (χ1) is 16.1. The van der Waals surface area contributed by atoms with Crippen LogP contribution in [-0.2, 0) is 22.0 Å². The van der Waals surface area contributed by atoms with E-state index in [1.165, 1.54) is 4.68 Å². The SMILES string of the molecule is Cn1nc(C2CCCN(C(=O)C3(c4ccccc4)CCOCC3)C2)n(-c2ccccc2)c1=O. The van der Waals surface area contributed by atoms with Crippen molar-refractivity contribution in [1.82, 2.24) is 19.2 Å². The van der Waals surface area contributed by atoms with Crippen molar-refractivity contribution in [2.24, 2.45) is 7.05 Å². The van der Waals surface area contributed by atoms with Crippen LogP contribution in [0, 0.1) is 0 Å². The summed E-state index contributed by atoms with van der Waals surface area (Å²) in [7, 11) is 1.68. The van der Waals surface area contributed by atoms with Gasteiger partial charge in [0.05, 0.1) is 11.1 Å². The lowest BCUT2D eigenvalue weighted by Gasteiger charge is -2.42. The van der Waals surface area contributed by atoms with Crippen LogP contribution in [0.1, 0.15) is 43.0 Å². The molecule has 1 unspecified atom stereocenters. The van der Waals surface area contributed by atoms with Crippen molar-refractivity contribution >= 4 is 5.91 Å². The van der Waals surface area contributed by atoms with Crippen LogP contribution >= 0.6 is 0 Å². The Morgan fingerprint density at radius 2 is 1.70 bits per heavy atom. The summed E-state index contributed by atoms with van der Waals surface area (Å²) in [6.07, 6.45) is 3.16. The predicted octanol–water partition coefficient (Wildman–Crippen LogP) is 3.03. The number of carbonyl (C=O) groups is 1. The van der Waals surface area contributed by atoms with Crippen molar-refractivity contribution in [2.75, 3.05) is 26.3 Å². The lowest BCUT2D eigenvalue weighted by atomic mass is 9.72. The van der Waals surface area contributed by atoms with E-state index in [1.807, 2.05) is 53.4 Å². The standard InChI is InChI=1S/C26H30N4O3/c1-28-25(32)30(22-12-6-3-7-13-22)23(27-28)20-9-8-16-29(19-20)24(31)26(14-17-33-18-15-26)21-10-4-2-5-11-21/h2-7,10-13,20H,8-9,14-19H2,1H3. The summed E-state index contributed by atoms with van der Waals surface area (Å²) < 4.78 is 8.72. The third-order valence-corrected chi connectivity index (χ3v) is 7.12. The number of nitrogens with zero attached hydrogens (tertiary/aromatic N) is 4. The number of aryl methyl sites for hydroxylation is 1. The van der Waals surface area contributed by atoms with Gasteiger partial charge in [-0.15, -0.1) is 0 Å². The van der Waals surface area contributed by atoms with Gasteiger partial charge >= 0.3 is 5.69 Å². The second kappa shape index (κ2) is 8.98. The van der Waals surface area contributed by atoms with E-state index in [1.54, 1.807) is 11.6 Å². The van der Waals surface area contributed by atoms with Gasteiger partial charge in [-0.25, -0.2) is 14.0 Å². The van der Waals surface area contributed by atoms with Crippen LogP contribution < -0.4 is 5.69 Å². The van der Waals surface area contributed by atoms with Crippen molar-refractivity contribution in [3.63, 3.8) is 0 Å². The molecule has 172 valence electrons. The van der Waals surface area contributed by atoms with Crippen molar-refractivity contribution in [2.45, 2.75) is 37.0 Å². The normalized spacial score (nSPS) is 20.5. The zero-order valence-electron chi connectivity index (χ0n) is 19.0. The number of hydrogen-bond acceptors (Lipinski definition) is 4. The van der Waals surface area contributed by atoms with Crippen molar-refractivity contribution in [1.29, 1.82) is 0 Å². The molecule has 1 atom stereocenters.